The quantitative estimate of drug-likeness (QED) is 0.598. The van der Waals surface area contributed by atoms with Crippen molar-refractivity contribution in [3.63, 3.8) is 0 Å². The zero-order valence-electron chi connectivity index (χ0n) is 8.76. The molecule has 0 aliphatic heterocycles. The molecule has 1 heterocycles. The SMILES string of the molecule is CCCn1cc[n+](CCC)c1C.[Br-]. The van der Waals surface area contributed by atoms with Crippen molar-refractivity contribution >= 4 is 0 Å². The molecule has 0 spiro atoms. The van der Waals surface area contributed by atoms with Crippen molar-refractivity contribution in [2.75, 3.05) is 0 Å². The Hall–Kier alpha value is -0.310. The lowest BCUT2D eigenvalue weighted by atomic mass is 10.4. The van der Waals surface area contributed by atoms with Gasteiger partial charge >= 0.3 is 0 Å². The van der Waals surface area contributed by atoms with Gasteiger partial charge in [0.1, 0.15) is 12.4 Å². The number of aryl methyl sites for hydroxylation is 2. The second-order valence-corrected chi connectivity index (χ2v) is 3.23. The molecule has 0 aromatic carbocycles. The van der Waals surface area contributed by atoms with E-state index in [0.717, 1.165) is 13.1 Å². The molecule has 1 rings (SSSR count). The maximum Gasteiger partial charge on any atom is 0.253 e. The van der Waals surface area contributed by atoms with Crippen molar-refractivity contribution in [3.05, 3.63) is 18.2 Å². The summed E-state index contributed by atoms with van der Waals surface area (Å²) in [6, 6.07) is 0. The molecule has 0 radical (unpaired) electrons. The highest BCUT2D eigenvalue weighted by Crippen LogP contribution is 1.95. The van der Waals surface area contributed by atoms with Crippen molar-refractivity contribution in [2.45, 2.75) is 46.7 Å². The van der Waals surface area contributed by atoms with Crippen LogP contribution in [0, 0.1) is 6.92 Å². The predicted octanol–water partition coefficient (Wildman–Crippen LogP) is -1.09. The Morgan fingerprint density at radius 2 is 2.00 bits per heavy atom. The number of rotatable bonds is 4. The van der Waals surface area contributed by atoms with Gasteiger partial charge in [0.25, 0.3) is 5.82 Å². The maximum absolute atomic E-state index is 2.32. The molecule has 0 bridgehead atoms. The standard InChI is InChI=1S/C10H19N2.BrH/c1-4-6-11-8-9-12(7-5-2)10(11)3;/h8-9H,4-7H2,1-3H3;1H/q+1;/p-1. The van der Waals surface area contributed by atoms with E-state index in [-0.39, 0.29) is 17.0 Å². The first-order valence-corrected chi connectivity index (χ1v) is 4.84. The zero-order valence-corrected chi connectivity index (χ0v) is 10.3. The minimum Gasteiger partial charge on any atom is -1.00 e. The molecule has 0 amide bonds. The van der Waals surface area contributed by atoms with Crippen LogP contribution in [-0.2, 0) is 13.1 Å². The molecule has 76 valence electrons. The maximum atomic E-state index is 2.32. The smallest absolute Gasteiger partial charge is 0.253 e. The van der Waals surface area contributed by atoms with Gasteiger partial charge < -0.3 is 17.0 Å². The molecule has 0 aliphatic carbocycles. The van der Waals surface area contributed by atoms with E-state index in [2.05, 4.69) is 42.3 Å². The summed E-state index contributed by atoms with van der Waals surface area (Å²) in [4.78, 5) is 0. The molecule has 0 aliphatic rings. The first-order chi connectivity index (χ1) is 5.79. The number of halogens is 1. The van der Waals surface area contributed by atoms with Gasteiger partial charge in [0.05, 0.1) is 13.1 Å². The van der Waals surface area contributed by atoms with E-state index in [0.29, 0.717) is 0 Å². The van der Waals surface area contributed by atoms with Crippen LogP contribution >= 0.6 is 0 Å². The summed E-state index contributed by atoms with van der Waals surface area (Å²) in [7, 11) is 0. The van der Waals surface area contributed by atoms with Gasteiger partial charge in [0.2, 0.25) is 0 Å². The van der Waals surface area contributed by atoms with E-state index in [4.69, 9.17) is 0 Å². The van der Waals surface area contributed by atoms with Crippen LogP contribution < -0.4 is 21.5 Å². The summed E-state index contributed by atoms with van der Waals surface area (Å²) in [5, 5.41) is 0. The summed E-state index contributed by atoms with van der Waals surface area (Å²) in [5.74, 6) is 1.37. The molecular formula is C10H19BrN2. The average molecular weight is 247 g/mol. The highest BCUT2D eigenvalue weighted by atomic mass is 79.9. The number of imidazole rings is 1. The van der Waals surface area contributed by atoms with Gasteiger partial charge in [-0.2, -0.15) is 0 Å². The Morgan fingerprint density at radius 1 is 1.31 bits per heavy atom. The lowest BCUT2D eigenvalue weighted by molar-refractivity contribution is -0.702. The Kier molecular flexibility index (Phi) is 6.04. The van der Waals surface area contributed by atoms with Crippen LogP contribution in [0.15, 0.2) is 12.4 Å². The average Bonchev–Trinajstić information content (AvgIpc) is 2.38. The summed E-state index contributed by atoms with van der Waals surface area (Å²) in [6.07, 6.45) is 6.77. The fourth-order valence-corrected chi connectivity index (χ4v) is 1.50. The largest absolute Gasteiger partial charge is 1.00 e. The van der Waals surface area contributed by atoms with Crippen LogP contribution in [0.25, 0.3) is 0 Å². The summed E-state index contributed by atoms with van der Waals surface area (Å²) in [6.45, 7) is 8.89. The van der Waals surface area contributed by atoms with Crippen LogP contribution in [0.5, 0.6) is 0 Å². The number of hydrogen-bond acceptors (Lipinski definition) is 0. The van der Waals surface area contributed by atoms with Gasteiger partial charge in [0, 0.05) is 6.92 Å². The summed E-state index contributed by atoms with van der Waals surface area (Å²) in [5.41, 5.74) is 0. The van der Waals surface area contributed by atoms with Crippen molar-refractivity contribution in [1.82, 2.24) is 4.57 Å². The molecule has 1 aromatic rings. The third-order valence-corrected chi connectivity index (χ3v) is 2.19. The lowest BCUT2D eigenvalue weighted by Gasteiger charge is -1.97. The molecule has 0 fully saturated rings. The van der Waals surface area contributed by atoms with E-state index < -0.39 is 0 Å². The van der Waals surface area contributed by atoms with Gasteiger partial charge in [-0.05, 0) is 12.8 Å². The van der Waals surface area contributed by atoms with E-state index in [9.17, 15) is 0 Å². The van der Waals surface area contributed by atoms with Crippen molar-refractivity contribution in [2.24, 2.45) is 0 Å². The van der Waals surface area contributed by atoms with E-state index >= 15 is 0 Å². The van der Waals surface area contributed by atoms with Crippen molar-refractivity contribution in [1.29, 1.82) is 0 Å². The molecule has 0 atom stereocenters. The molecule has 1 aromatic heterocycles. The van der Waals surface area contributed by atoms with Crippen molar-refractivity contribution < 1.29 is 21.5 Å². The molecule has 13 heavy (non-hydrogen) atoms. The molecule has 0 unspecified atom stereocenters. The minimum absolute atomic E-state index is 0. The Bertz CT molecular complexity index is 220. The van der Waals surface area contributed by atoms with Crippen LogP contribution in [-0.4, -0.2) is 4.57 Å². The van der Waals surface area contributed by atoms with Crippen LogP contribution in [0.2, 0.25) is 0 Å². The summed E-state index contributed by atoms with van der Waals surface area (Å²) < 4.78 is 4.63. The Morgan fingerprint density at radius 3 is 2.54 bits per heavy atom. The van der Waals surface area contributed by atoms with Gasteiger partial charge in [-0.1, -0.05) is 13.8 Å². The Balaban J connectivity index is 0.00000144. The molecule has 2 nitrogen and oxygen atoms in total. The third kappa shape index (κ3) is 3.14. The van der Waals surface area contributed by atoms with Crippen LogP contribution in [0.1, 0.15) is 32.5 Å². The van der Waals surface area contributed by atoms with Gasteiger partial charge in [0.15, 0.2) is 0 Å². The van der Waals surface area contributed by atoms with E-state index in [1.807, 2.05) is 0 Å². The van der Waals surface area contributed by atoms with E-state index in [1.165, 1.54) is 18.7 Å². The van der Waals surface area contributed by atoms with E-state index in [1.54, 1.807) is 0 Å². The molecular weight excluding hydrogens is 228 g/mol. The fraction of sp³-hybridized carbons (Fsp3) is 0.700. The van der Waals surface area contributed by atoms with Gasteiger partial charge in [-0.15, -0.1) is 0 Å². The van der Waals surface area contributed by atoms with Crippen LogP contribution in [0.3, 0.4) is 0 Å². The highest BCUT2D eigenvalue weighted by Gasteiger charge is 2.09. The molecule has 0 saturated heterocycles. The molecule has 3 heteroatoms. The second-order valence-electron chi connectivity index (χ2n) is 3.23. The number of nitrogens with zero attached hydrogens (tertiary/aromatic N) is 2. The third-order valence-electron chi connectivity index (χ3n) is 2.19. The number of aromatic nitrogens is 2. The highest BCUT2D eigenvalue weighted by molar-refractivity contribution is 4.78. The van der Waals surface area contributed by atoms with Crippen LogP contribution in [0.4, 0.5) is 0 Å². The monoisotopic (exact) mass is 246 g/mol. The predicted molar refractivity (Wildman–Crippen MR) is 49.9 cm³/mol. The topological polar surface area (TPSA) is 8.81 Å². The minimum atomic E-state index is 0. The lowest BCUT2D eigenvalue weighted by Crippen LogP contribution is -3.00. The first-order valence-electron chi connectivity index (χ1n) is 4.84. The first kappa shape index (κ1) is 12.7. The Labute approximate surface area is 91.3 Å². The fourth-order valence-electron chi connectivity index (χ4n) is 1.50. The normalized spacial score (nSPS) is 9.77. The second kappa shape index (κ2) is 6.19. The zero-order chi connectivity index (χ0) is 8.97. The number of hydrogen-bond donors (Lipinski definition) is 0. The molecule has 0 N–H and O–H groups in total. The summed E-state index contributed by atoms with van der Waals surface area (Å²) >= 11 is 0. The van der Waals surface area contributed by atoms with Gasteiger partial charge in [-0.25, -0.2) is 9.13 Å². The van der Waals surface area contributed by atoms with Crippen molar-refractivity contribution in [3.8, 4) is 0 Å². The van der Waals surface area contributed by atoms with Gasteiger partial charge in [-0.3, -0.25) is 0 Å². The molecule has 0 saturated carbocycles.